The van der Waals surface area contributed by atoms with Crippen LogP contribution in [-0.4, -0.2) is 19.9 Å². The van der Waals surface area contributed by atoms with E-state index in [1.165, 1.54) is 89.0 Å². The third kappa shape index (κ3) is 18.5. The van der Waals surface area contributed by atoms with Gasteiger partial charge in [-0.15, -0.1) is 0 Å². The van der Waals surface area contributed by atoms with Gasteiger partial charge in [-0.25, -0.2) is 18.3 Å². The summed E-state index contributed by atoms with van der Waals surface area (Å²) >= 11 is 14.3. The van der Waals surface area contributed by atoms with E-state index in [0.717, 1.165) is 114 Å². The molecule has 8 nitrogen and oxygen atoms in total. The van der Waals surface area contributed by atoms with Crippen molar-refractivity contribution >= 4 is 63.7 Å². The first kappa shape index (κ1) is 72.4. The standard InChI is InChI=1S/C64H54Br4N4.C32H22N4/c65-39-47-1-9-51(10-2-47)43-69-25-17-55(18-26-69)59-33-60(56-19-27-70(28-20-56)44-52-11-3-48(40-66)4-12-52)36-63(35-59)64-37-61(57-21-29-71(30-22-57)45-53-13-5-49(41-67)6-14-53)34-62(38-64)58-23-31-72(32-24-58)46-54-15-7-50(42-68)8-16-54;1-9-33-10-2-23(1)27-17-28(24-3-11-34-12-4-24)20-31(19-27)32-21-29(25-5-13-35-14-6-25)18-30(22-32)26-7-15-36-16-8-26/h1-38H,39-46H2;1-22H/q+4;. The van der Waals surface area contributed by atoms with Crippen molar-refractivity contribution in [2.45, 2.75) is 47.5 Å². The van der Waals surface area contributed by atoms with E-state index in [9.17, 15) is 0 Å². The Bertz CT molecular complexity index is 4950. The number of alkyl halides is 4. The lowest BCUT2D eigenvalue weighted by Gasteiger charge is -2.14. The maximum Gasteiger partial charge on any atom is 0.173 e. The molecular weight excluding hydrogens is 1580 g/mol. The molecule has 8 aromatic carbocycles. The molecule has 0 unspecified atom stereocenters. The fraction of sp³-hybridized carbons (Fsp3) is 0.0833. The topological polar surface area (TPSA) is 67.1 Å². The lowest BCUT2D eigenvalue weighted by Crippen LogP contribution is -2.33. The first-order valence-electron chi connectivity index (χ1n) is 36.0. The smallest absolute Gasteiger partial charge is 0.173 e. The molecule has 0 saturated heterocycles. The van der Waals surface area contributed by atoms with Crippen LogP contribution in [-0.2, 0) is 47.5 Å². The summed E-state index contributed by atoms with van der Waals surface area (Å²) in [6.07, 6.45) is 32.3. The van der Waals surface area contributed by atoms with Crippen molar-refractivity contribution < 1.29 is 18.3 Å². The fourth-order valence-electron chi connectivity index (χ4n) is 13.5. The second-order valence-electron chi connectivity index (χ2n) is 27.0. The van der Waals surface area contributed by atoms with Crippen LogP contribution < -0.4 is 18.3 Å². The molecule has 0 aliphatic rings. The van der Waals surface area contributed by atoms with E-state index < -0.39 is 0 Å². The van der Waals surface area contributed by atoms with E-state index in [4.69, 9.17) is 0 Å². The molecule has 0 spiro atoms. The zero-order chi connectivity index (χ0) is 73.4. The highest BCUT2D eigenvalue weighted by molar-refractivity contribution is 9.09. The third-order valence-electron chi connectivity index (χ3n) is 19.5. The molecule has 0 saturated carbocycles. The Balaban J connectivity index is 0.000000215. The van der Waals surface area contributed by atoms with Crippen LogP contribution in [0.5, 0.6) is 0 Å². The monoisotopic (exact) mass is 1660 g/mol. The van der Waals surface area contributed by atoms with E-state index in [0.29, 0.717) is 0 Å². The van der Waals surface area contributed by atoms with Gasteiger partial charge in [0.1, 0.15) is 0 Å². The van der Waals surface area contributed by atoms with Gasteiger partial charge in [0.05, 0.1) is 0 Å². The molecule has 0 aliphatic carbocycles. The van der Waals surface area contributed by atoms with Gasteiger partial charge in [-0.1, -0.05) is 161 Å². The molecular formula is C96H76Br4N8+4. The summed E-state index contributed by atoms with van der Waals surface area (Å²) in [4.78, 5) is 16.8. The van der Waals surface area contributed by atoms with Crippen molar-refractivity contribution in [1.82, 2.24) is 19.9 Å². The van der Waals surface area contributed by atoms with E-state index in [-0.39, 0.29) is 0 Å². The van der Waals surface area contributed by atoms with Gasteiger partial charge in [0.2, 0.25) is 0 Å². The van der Waals surface area contributed by atoms with Crippen molar-refractivity contribution in [1.29, 1.82) is 0 Å². The van der Waals surface area contributed by atoms with Gasteiger partial charge >= 0.3 is 0 Å². The number of nitrogens with zero attached hydrogens (tertiary/aromatic N) is 8. The van der Waals surface area contributed by atoms with Gasteiger partial charge < -0.3 is 0 Å². The Hall–Kier alpha value is -11.1. The van der Waals surface area contributed by atoms with Gasteiger partial charge in [-0.05, 0) is 255 Å². The number of pyridine rings is 8. The van der Waals surface area contributed by atoms with Crippen molar-refractivity contribution in [2.75, 3.05) is 0 Å². The maximum absolute atomic E-state index is 4.20. The summed E-state index contributed by atoms with van der Waals surface area (Å²) in [7, 11) is 0. The second kappa shape index (κ2) is 35.1. The minimum absolute atomic E-state index is 0.808. The summed E-state index contributed by atoms with van der Waals surface area (Å²) in [5.74, 6) is 0. The molecule has 0 bridgehead atoms. The minimum atomic E-state index is 0.808. The molecule has 0 atom stereocenters. The van der Waals surface area contributed by atoms with Crippen molar-refractivity contribution in [3.63, 3.8) is 0 Å². The van der Waals surface area contributed by atoms with Crippen LogP contribution in [0, 0.1) is 0 Å². The number of aromatic nitrogens is 8. The van der Waals surface area contributed by atoms with E-state index in [1.54, 1.807) is 0 Å². The molecule has 8 aromatic heterocycles. The van der Waals surface area contributed by atoms with E-state index in [1.807, 2.05) is 98.1 Å². The minimum Gasteiger partial charge on any atom is -0.265 e. The summed E-state index contributed by atoms with van der Waals surface area (Å²) < 4.78 is 9.02. The van der Waals surface area contributed by atoms with Crippen molar-refractivity contribution in [3.05, 3.63) is 411 Å². The Kier molecular flexibility index (Phi) is 23.5. The molecule has 0 aliphatic heterocycles. The van der Waals surface area contributed by atoms with Crippen molar-refractivity contribution in [2.24, 2.45) is 0 Å². The molecule has 12 heteroatoms. The maximum atomic E-state index is 4.20. The van der Waals surface area contributed by atoms with Gasteiger partial charge in [0, 0.05) is 142 Å². The number of benzene rings is 8. The largest absolute Gasteiger partial charge is 0.265 e. The molecule has 524 valence electrons. The van der Waals surface area contributed by atoms with Crippen LogP contribution >= 0.6 is 63.7 Å². The highest BCUT2D eigenvalue weighted by Gasteiger charge is 2.18. The van der Waals surface area contributed by atoms with Gasteiger partial charge in [-0.3, -0.25) is 19.9 Å². The number of halogens is 4. The van der Waals surface area contributed by atoms with Gasteiger partial charge in [0.15, 0.2) is 75.8 Å². The zero-order valence-electron chi connectivity index (χ0n) is 59.4. The Morgan fingerprint density at radius 3 is 0.435 bits per heavy atom. The van der Waals surface area contributed by atoms with E-state index in [2.05, 4.69) is 370 Å². The Labute approximate surface area is 665 Å². The van der Waals surface area contributed by atoms with Crippen LogP contribution in [0.4, 0.5) is 0 Å². The predicted octanol–water partition coefficient (Wildman–Crippen LogP) is 22.5. The normalized spacial score (nSPS) is 11.1. The fourth-order valence-corrected chi connectivity index (χ4v) is 15.0. The highest BCUT2D eigenvalue weighted by atomic mass is 79.9. The molecule has 0 amide bonds. The van der Waals surface area contributed by atoms with Crippen LogP contribution in [0.2, 0.25) is 0 Å². The predicted molar refractivity (Wildman–Crippen MR) is 452 cm³/mol. The lowest BCUT2D eigenvalue weighted by molar-refractivity contribution is -0.688. The quantitative estimate of drug-likeness (QED) is 0.0501. The van der Waals surface area contributed by atoms with Crippen molar-refractivity contribution in [3.8, 4) is 111 Å². The molecule has 108 heavy (non-hydrogen) atoms. The van der Waals surface area contributed by atoms with Crippen LogP contribution in [0.1, 0.15) is 44.5 Å². The number of hydrogen-bond donors (Lipinski definition) is 0. The van der Waals surface area contributed by atoms with Gasteiger partial charge in [-0.2, -0.15) is 0 Å². The second-order valence-corrected chi connectivity index (χ2v) is 29.2. The third-order valence-corrected chi connectivity index (χ3v) is 22.1. The molecule has 0 N–H and O–H groups in total. The molecule has 8 heterocycles. The van der Waals surface area contributed by atoms with Crippen LogP contribution in [0.3, 0.4) is 0 Å². The Morgan fingerprint density at radius 2 is 0.287 bits per heavy atom. The summed E-state index contributed by atoms with van der Waals surface area (Å²) in [5.41, 5.74) is 33.2. The zero-order valence-corrected chi connectivity index (χ0v) is 65.7. The molecule has 0 fully saturated rings. The van der Waals surface area contributed by atoms with Gasteiger partial charge in [0.25, 0.3) is 0 Å². The molecule has 16 aromatic rings. The Morgan fingerprint density at radius 1 is 0.157 bits per heavy atom. The summed E-state index contributed by atoms with van der Waals surface area (Å²) in [6, 6.07) is 97.3. The summed E-state index contributed by atoms with van der Waals surface area (Å²) in [5, 5.41) is 3.43. The first-order valence-corrected chi connectivity index (χ1v) is 40.4. The average Bonchev–Trinajstić information content (AvgIpc) is 0.786. The van der Waals surface area contributed by atoms with Crippen LogP contribution in [0.25, 0.3) is 111 Å². The molecule has 0 radical (unpaired) electrons. The first-order chi connectivity index (χ1) is 53.2. The number of hydrogen-bond acceptors (Lipinski definition) is 4. The number of rotatable bonds is 22. The highest BCUT2D eigenvalue weighted by Crippen LogP contribution is 2.40. The van der Waals surface area contributed by atoms with Crippen LogP contribution in [0.15, 0.2) is 366 Å². The SMILES string of the molecule is BrCc1ccc(C[n+]2ccc(-c3cc(-c4cc[n+](Cc5ccc(CBr)cc5)cc4)cc(-c4cc(-c5cc[n+](Cc6ccc(CBr)cc6)cc5)cc(-c5cc[n+](Cc6ccc(CBr)cc6)cc5)c4)c3)cc2)cc1.c1cc(-c2cc(-c3ccncc3)cc(-c3cc(-c4ccncc4)cc(-c4ccncc4)c3)c2)ccn1. The summed E-state index contributed by atoms with van der Waals surface area (Å²) in [6.45, 7) is 3.23. The van der Waals surface area contributed by atoms with E-state index >= 15 is 0 Å². The lowest BCUT2D eigenvalue weighted by atomic mass is 9.90. The molecule has 16 rings (SSSR count). The average molecular weight is 1660 g/mol.